The summed E-state index contributed by atoms with van der Waals surface area (Å²) in [5, 5.41) is 0. The number of rotatable bonds is 2. The van der Waals surface area contributed by atoms with Crippen LogP contribution in [0.1, 0.15) is 64.6 Å². The second-order valence-corrected chi connectivity index (χ2v) is 8.68. The minimum atomic E-state index is -0.187. The minimum Gasteiger partial charge on any atom is -0.451 e. The fourth-order valence-electron chi connectivity index (χ4n) is 5.20. The van der Waals surface area contributed by atoms with Gasteiger partial charge in [-0.1, -0.05) is 12.8 Å². The van der Waals surface area contributed by atoms with Gasteiger partial charge in [0.2, 0.25) is 0 Å². The monoisotopic (exact) mass is 410 g/mol. The largest absolute Gasteiger partial charge is 0.451 e. The predicted octanol–water partition coefficient (Wildman–Crippen LogP) is 2.11. The van der Waals surface area contributed by atoms with Crippen LogP contribution in [-0.4, -0.2) is 57.3 Å². The highest BCUT2D eigenvalue weighted by molar-refractivity contribution is 5.94. The number of pyridine rings is 1. The molecule has 158 valence electrons. The first kappa shape index (κ1) is 19.1. The Hall–Kier alpha value is -2.90. The van der Waals surface area contributed by atoms with Crippen molar-refractivity contribution < 1.29 is 14.0 Å². The Kier molecular flexibility index (Phi) is 4.92. The number of amides is 2. The molecule has 2 aromatic heterocycles. The molecular formula is C22H26N4O4. The maximum absolute atomic E-state index is 13.2. The number of carbonyl (C=O) groups is 2. The van der Waals surface area contributed by atoms with E-state index in [4.69, 9.17) is 4.42 Å². The summed E-state index contributed by atoms with van der Waals surface area (Å²) >= 11 is 0. The first-order chi connectivity index (χ1) is 14.6. The lowest BCUT2D eigenvalue weighted by Gasteiger charge is -2.42. The quantitative estimate of drug-likeness (QED) is 0.757. The van der Waals surface area contributed by atoms with Crippen molar-refractivity contribution in [3.63, 3.8) is 0 Å². The van der Waals surface area contributed by atoms with Crippen LogP contribution in [0.4, 0.5) is 0 Å². The third-order valence-electron chi connectivity index (χ3n) is 6.67. The second kappa shape index (κ2) is 7.74. The van der Waals surface area contributed by atoms with Crippen LogP contribution in [0.5, 0.6) is 0 Å². The second-order valence-electron chi connectivity index (χ2n) is 8.68. The van der Waals surface area contributed by atoms with Gasteiger partial charge in [-0.15, -0.1) is 0 Å². The normalized spacial score (nSPS) is 23.6. The number of aromatic nitrogens is 2. The number of nitrogens with zero attached hydrogens (tertiary/aromatic N) is 4. The van der Waals surface area contributed by atoms with Crippen LogP contribution in [0.15, 0.2) is 34.0 Å². The van der Waals surface area contributed by atoms with Gasteiger partial charge in [0.15, 0.2) is 12.1 Å². The van der Waals surface area contributed by atoms with E-state index in [1.54, 1.807) is 15.5 Å². The van der Waals surface area contributed by atoms with Crippen molar-refractivity contribution in [1.29, 1.82) is 0 Å². The van der Waals surface area contributed by atoms with Gasteiger partial charge in [0.05, 0.1) is 0 Å². The van der Waals surface area contributed by atoms with Gasteiger partial charge in [0.1, 0.15) is 11.8 Å². The SMILES string of the molecule is O=C(c1cocn1)N1C[C@@H]2C[C@H](C1)c1ccc(C(=O)N3CCCCCC3)c(=O)n1C2. The highest BCUT2D eigenvalue weighted by Gasteiger charge is 2.38. The molecular weight excluding hydrogens is 384 g/mol. The van der Waals surface area contributed by atoms with Gasteiger partial charge >= 0.3 is 0 Å². The Morgan fingerprint density at radius 2 is 1.77 bits per heavy atom. The van der Waals surface area contributed by atoms with Crippen LogP contribution in [0.3, 0.4) is 0 Å². The molecule has 0 aliphatic carbocycles. The lowest BCUT2D eigenvalue weighted by molar-refractivity contribution is 0.0588. The van der Waals surface area contributed by atoms with Crippen molar-refractivity contribution >= 4 is 11.8 Å². The molecule has 8 heteroatoms. The number of hydrogen-bond donors (Lipinski definition) is 0. The van der Waals surface area contributed by atoms with Crippen LogP contribution >= 0.6 is 0 Å². The summed E-state index contributed by atoms with van der Waals surface area (Å²) in [6.45, 7) is 3.11. The molecule has 0 aromatic carbocycles. The number of likely N-dealkylation sites (tertiary alicyclic amines) is 2. The molecule has 2 saturated heterocycles. The summed E-state index contributed by atoms with van der Waals surface area (Å²) in [4.78, 5) is 46.6. The molecule has 8 nitrogen and oxygen atoms in total. The Labute approximate surface area is 174 Å². The smallest absolute Gasteiger partial charge is 0.275 e. The van der Waals surface area contributed by atoms with Crippen LogP contribution in [-0.2, 0) is 6.54 Å². The van der Waals surface area contributed by atoms with Gasteiger partial charge in [-0.05, 0) is 37.3 Å². The van der Waals surface area contributed by atoms with Gasteiger partial charge in [0.25, 0.3) is 17.4 Å². The molecule has 0 saturated carbocycles. The molecule has 0 N–H and O–H groups in total. The number of oxazole rings is 1. The molecule has 30 heavy (non-hydrogen) atoms. The topological polar surface area (TPSA) is 88.7 Å². The number of fused-ring (bicyclic) bond motifs is 4. The van der Waals surface area contributed by atoms with E-state index in [-0.39, 0.29) is 34.8 Å². The molecule has 3 aliphatic rings. The molecule has 2 atom stereocenters. The van der Waals surface area contributed by atoms with Crippen LogP contribution in [0.25, 0.3) is 0 Å². The molecule has 2 bridgehead atoms. The average Bonchev–Trinajstić information content (AvgIpc) is 3.16. The lowest BCUT2D eigenvalue weighted by Crippen LogP contribution is -2.50. The van der Waals surface area contributed by atoms with Crippen molar-refractivity contribution in [3.8, 4) is 0 Å². The van der Waals surface area contributed by atoms with E-state index >= 15 is 0 Å². The summed E-state index contributed by atoms with van der Waals surface area (Å²) < 4.78 is 6.73. The summed E-state index contributed by atoms with van der Waals surface area (Å²) in [5.41, 5.74) is 1.32. The van der Waals surface area contributed by atoms with E-state index in [0.29, 0.717) is 25.3 Å². The number of hydrogen-bond acceptors (Lipinski definition) is 5. The molecule has 2 aromatic rings. The predicted molar refractivity (Wildman–Crippen MR) is 108 cm³/mol. The Morgan fingerprint density at radius 1 is 0.967 bits per heavy atom. The molecule has 2 amide bonds. The molecule has 5 heterocycles. The third-order valence-corrected chi connectivity index (χ3v) is 6.67. The molecule has 0 radical (unpaired) electrons. The first-order valence-corrected chi connectivity index (χ1v) is 10.8. The Bertz CT molecular complexity index is 1000. The zero-order valence-corrected chi connectivity index (χ0v) is 17.0. The standard InChI is InChI=1S/C22H26N4O4/c27-20(24-7-3-1-2-4-8-24)17-5-6-19-16-9-15(11-26(19)21(17)28)10-25(12-16)22(29)18-13-30-14-23-18/h5-6,13-16H,1-4,7-12H2/t15-,16+/m0/s1. The van der Waals surface area contributed by atoms with Crippen molar-refractivity contribution in [1.82, 2.24) is 19.4 Å². The van der Waals surface area contributed by atoms with Crippen LogP contribution in [0.2, 0.25) is 0 Å². The molecule has 0 spiro atoms. The maximum atomic E-state index is 13.2. The van der Waals surface area contributed by atoms with Gasteiger partial charge in [-0.2, -0.15) is 0 Å². The first-order valence-electron chi connectivity index (χ1n) is 10.8. The Balaban J connectivity index is 1.40. The van der Waals surface area contributed by atoms with E-state index < -0.39 is 0 Å². The van der Waals surface area contributed by atoms with Gasteiger partial charge in [0, 0.05) is 44.3 Å². The van der Waals surface area contributed by atoms with E-state index in [1.165, 1.54) is 12.7 Å². The molecule has 5 rings (SSSR count). The zero-order chi connectivity index (χ0) is 20.7. The van der Waals surface area contributed by atoms with Crippen molar-refractivity contribution in [2.24, 2.45) is 5.92 Å². The maximum Gasteiger partial charge on any atom is 0.275 e. The third kappa shape index (κ3) is 3.34. The molecule has 3 aliphatic heterocycles. The van der Waals surface area contributed by atoms with E-state index in [0.717, 1.165) is 50.9 Å². The average molecular weight is 410 g/mol. The molecule has 0 unspecified atom stereocenters. The van der Waals surface area contributed by atoms with Crippen LogP contribution < -0.4 is 5.56 Å². The summed E-state index contributed by atoms with van der Waals surface area (Å²) in [6.07, 6.45) is 7.85. The minimum absolute atomic E-state index is 0.0865. The summed E-state index contributed by atoms with van der Waals surface area (Å²) in [6, 6.07) is 3.61. The number of piperidine rings is 1. The fraction of sp³-hybridized carbons (Fsp3) is 0.545. The lowest BCUT2D eigenvalue weighted by atomic mass is 9.83. The van der Waals surface area contributed by atoms with E-state index in [2.05, 4.69) is 4.98 Å². The van der Waals surface area contributed by atoms with Crippen molar-refractivity contribution in [2.45, 2.75) is 44.6 Å². The highest BCUT2D eigenvalue weighted by Crippen LogP contribution is 2.35. The zero-order valence-electron chi connectivity index (χ0n) is 17.0. The molecule has 2 fully saturated rings. The van der Waals surface area contributed by atoms with Gasteiger partial charge < -0.3 is 18.8 Å². The van der Waals surface area contributed by atoms with E-state index in [9.17, 15) is 14.4 Å². The summed E-state index contributed by atoms with van der Waals surface area (Å²) in [5.74, 6) is -0.00490. The van der Waals surface area contributed by atoms with Gasteiger partial charge in [-0.25, -0.2) is 4.98 Å². The Morgan fingerprint density at radius 3 is 2.50 bits per heavy atom. The highest BCUT2D eigenvalue weighted by atomic mass is 16.3. The van der Waals surface area contributed by atoms with E-state index in [1.807, 2.05) is 11.0 Å². The van der Waals surface area contributed by atoms with Gasteiger partial charge in [-0.3, -0.25) is 14.4 Å². The van der Waals surface area contributed by atoms with Crippen LogP contribution in [0, 0.1) is 5.92 Å². The fourth-order valence-corrected chi connectivity index (χ4v) is 5.20. The van der Waals surface area contributed by atoms with Crippen molar-refractivity contribution in [2.75, 3.05) is 26.2 Å². The summed E-state index contributed by atoms with van der Waals surface area (Å²) in [7, 11) is 0. The van der Waals surface area contributed by atoms with Crippen molar-refractivity contribution in [3.05, 3.63) is 52.1 Å². The number of carbonyl (C=O) groups excluding carboxylic acids is 2.